The van der Waals surface area contributed by atoms with Gasteiger partial charge in [0.05, 0.1) is 51.6 Å². The lowest BCUT2D eigenvalue weighted by Crippen LogP contribution is -2.53. The van der Waals surface area contributed by atoms with Crippen LogP contribution in [0.15, 0.2) is 103 Å². The van der Waals surface area contributed by atoms with Gasteiger partial charge in [0.2, 0.25) is 11.8 Å². The number of allylic oxidation sites excluding steroid dienone is 2. The third kappa shape index (κ3) is 5.19. The molecular weight excluding hydrogens is 723 g/mol. The van der Waals surface area contributed by atoms with E-state index in [9.17, 15) is 29.6 Å². The van der Waals surface area contributed by atoms with Gasteiger partial charge in [0.15, 0.2) is 0 Å². The highest BCUT2D eigenvalue weighted by Gasteiger charge is 2.70. The zero-order valence-electron chi connectivity index (χ0n) is 27.9. The molecule has 2 heterocycles. The number of amides is 4. The van der Waals surface area contributed by atoms with Gasteiger partial charge in [0.25, 0.3) is 17.5 Å². The summed E-state index contributed by atoms with van der Waals surface area (Å²) in [5, 5.41) is 23.2. The molecule has 0 unspecified atom stereocenters. The van der Waals surface area contributed by atoms with Crippen molar-refractivity contribution in [3.05, 3.63) is 134 Å². The van der Waals surface area contributed by atoms with E-state index in [-0.39, 0.29) is 40.7 Å². The van der Waals surface area contributed by atoms with Crippen molar-refractivity contribution >= 4 is 63.9 Å². The van der Waals surface area contributed by atoms with Crippen LogP contribution < -0.4 is 15.1 Å². The van der Waals surface area contributed by atoms with Crippen LogP contribution in [0.4, 0.5) is 17.1 Å². The number of rotatable bonds is 7. The number of aromatic hydroxyl groups is 1. The maximum Gasteiger partial charge on any atom is 0.269 e. The Morgan fingerprint density at radius 3 is 2.23 bits per heavy atom. The Bertz CT molecular complexity index is 2240. The van der Waals surface area contributed by atoms with Gasteiger partial charge in [-0.05, 0) is 84.5 Å². The van der Waals surface area contributed by atoms with Crippen molar-refractivity contribution in [3.63, 3.8) is 0 Å². The van der Waals surface area contributed by atoms with Crippen LogP contribution in [-0.2, 0) is 24.6 Å². The fourth-order valence-electron chi connectivity index (χ4n) is 8.86. The Morgan fingerprint density at radius 2 is 1.58 bits per heavy atom. The van der Waals surface area contributed by atoms with Crippen molar-refractivity contribution in [2.75, 3.05) is 17.4 Å². The number of hydrogen-bond donors (Lipinski definition) is 2. The van der Waals surface area contributed by atoms with Gasteiger partial charge in [0, 0.05) is 23.1 Å². The van der Waals surface area contributed by atoms with E-state index in [2.05, 4.69) is 5.43 Å². The van der Waals surface area contributed by atoms with E-state index in [0.29, 0.717) is 21.9 Å². The van der Waals surface area contributed by atoms with Crippen LogP contribution in [0.25, 0.3) is 0 Å². The van der Waals surface area contributed by atoms with Crippen LogP contribution in [-0.4, -0.2) is 45.8 Å². The van der Waals surface area contributed by atoms with Gasteiger partial charge in [-0.25, -0.2) is 0 Å². The molecule has 3 fully saturated rings. The Labute approximate surface area is 312 Å². The molecule has 6 atom stereocenters. The van der Waals surface area contributed by atoms with E-state index >= 15 is 4.79 Å². The minimum Gasteiger partial charge on any atom is -0.508 e. The molecule has 1 saturated carbocycles. The first-order valence-corrected chi connectivity index (χ1v) is 17.6. The number of nitrogens with zero attached hydrogens (tertiary/aromatic N) is 3. The normalized spacial score (nSPS) is 26.2. The monoisotopic (exact) mass is 752 g/mol. The number of methoxy groups -OCH3 is 1. The van der Waals surface area contributed by atoms with Crippen LogP contribution in [0.3, 0.4) is 0 Å². The minimum atomic E-state index is -1.55. The molecule has 0 radical (unpaired) electrons. The second kappa shape index (κ2) is 12.7. The summed E-state index contributed by atoms with van der Waals surface area (Å²) in [6.45, 7) is 0. The molecule has 4 aromatic carbocycles. The van der Waals surface area contributed by atoms with Crippen LogP contribution in [0, 0.1) is 33.8 Å². The molecule has 0 spiro atoms. The summed E-state index contributed by atoms with van der Waals surface area (Å²) >= 11 is 12.7. The van der Waals surface area contributed by atoms with Crippen molar-refractivity contribution < 1.29 is 33.9 Å². The van der Waals surface area contributed by atoms with Gasteiger partial charge < -0.3 is 9.84 Å². The lowest BCUT2D eigenvalue weighted by atomic mass is 9.49. The zero-order valence-corrected chi connectivity index (χ0v) is 29.5. The number of nitro benzene ring substituents is 1. The third-order valence-electron chi connectivity index (χ3n) is 11.1. The fraction of sp³-hybridized carbons (Fsp3) is 0.231. The number of ether oxygens (including phenoxy) is 1. The number of fused-ring (bicyclic) bond motifs is 4. The fourth-order valence-corrected chi connectivity index (χ4v) is 9.31. The number of hydrogen-bond acceptors (Lipinski definition) is 9. The van der Waals surface area contributed by atoms with E-state index in [0.717, 1.165) is 15.5 Å². The second-order valence-corrected chi connectivity index (χ2v) is 14.4. The summed E-state index contributed by atoms with van der Waals surface area (Å²) in [5.41, 5.74) is 3.59. The summed E-state index contributed by atoms with van der Waals surface area (Å²) in [7, 11) is 1.52. The molecule has 2 aliphatic heterocycles. The number of halogens is 2. The molecule has 2 saturated heterocycles. The van der Waals surface area contributed by atoms with E-state index in [1.165, 1.54) is 49.6 Å². The highest BCUT2D eigenvalue weighted by molar-refractivity contribution is 6.36. The molecular formula is C39H30Cl2N4O8. The first-order valence-electron chi connectivity index (χ1n) is 16.8. The van der Waals surface area contributed by atoms with Crippen molar-refractivity contribution in [2.24, 2.45) is 23.7 Å². The van der Waals surface area contributed by atoms with Crippen molar-refractivity contribution in [2.45, 2.75) is 24.2 Å². The maximum atomic E-state index is 15.3. The van der Waals surface area contributed by atoms with Gasteiger partial charge in [-0.3, -0.25) is 39.6 Å². The molecule has 268 valence electrons. The standard InChI is InChI=1S/C39H30Cl2N4O8/c1-53-26-13-4-21(5-14-26)39-30(36(48)44(38(39)50)42-32-17-6-22(40)18-31(32)41)19-29-27(34(39)20-2-11-25(46)12-3-20)15-16-28-33(29)37(49)43(35(28)47)23-7-9-24(10-8-23)45(51)52/h2-15,17-18,28-30,33-34,42,46H,16,19H2,1H3/t28-,29+,30-,33-,34-,39+/m0/s1. The Balaban J connectivity index is 1.30. The highest BCUT2D eigenvalue weighted by atomic mass is 35.5. The Kier molecular flexibility index (Phi) is 8.27. The molecule has 0 bridgehead atoms. The van der Waals surface area contributed by atoms with Crippen molar-refractivity contribution in [1.82, 2.24) is 5.01 Å². The highest BCUT2D eigenvalue weighted by Crippen LogP contribution is 2.64. The molecule has 0 aromatic heterocycles. The molecule has 4 aromatic rings. The number of nitro groups is 1. The summed E-state index contributed by atoms with van der Waals surface area (Å²) in [6.07, 6.45) is 2.16. The lowest BCUT2D eigenvalue weighted by Gasteiger charge is -2.50. The minimum absolute atomic E-state index is 0.00125. The third-order valence-corrected chi connectivity index (χ3v) is 11.7. The number of benzene rings is 4. The van der Waals surface area contributed by atoms with Crippen LogP contribution in [0.1, 0.15) is 29.9 Å². The smallest absolute Gasteiger partial charge is 0.269 e. The molecule has 4 aliphatic rings. The maximum absolute atomic E-state index is 15.3. The topological polar surface area (TPSA) is 159 Å². The first-order chi connectivity index (χ1) is 25.4. The summed E-state index contributed by atoms with van der Waals surface area (Å²) in [6, 6.07) is 23.2. The van der Waals surface area contributed by atoms with Gasteiger partial charge in [-0.2, -0.15) is 5.01 Å². The van der Waals surface area contributed by atoms with Crippen LogP contribution in [0.2, 0.25) is 10.0 Å². The van der Waals surface area contributed by atoms with Crippen molar-refractivity contribution in [3.8, 4) is 11.5 Å². The summed E-state index contributed by atoms with van der Waals surface area (Å²) in [5.74, 6) is -5.60. The predicted octanol–water partition coefficient (Wildman–Crippen LogP) is 6.81. The summed E-state index contributed by atoms with van der Waals surface area (Å²) in [4.78, 5) is 70.3. The van der Waals surface area contributed by atoms with Crippen LogP contribution >= 0.6 is 23.2 Å². The number of hydrazine groups is 1. The molecule has 12 nitrogen and oxygen atoms in total. The number of phenolic OH excluding ortho intramolecular Hbond substituents is 1. The SMILES string of the molecule is COc1ccc([C@@]23C(=O)N(Nc4ccc(Cl)cc4Cl)C(=O)[C@@H]2C[C@@H]2C(=CC[C@@H]4C(=O)N(c5ccc([N+](=O)[O-])cc5)C(=O)[C@@H]42)[C@@H]3c2ccc(O)cc2)cc1. The Morgan fingerprint density at radius 1 is 0.887 bits per heavy atom. The van der Waals surface area contributed by atoms with Gasteiger partial charge in [-0.15, -0.1) is 0 Å². The largest absolute Gasteiger partial charge is 0.508 e. The number of non-ortho nitro benzene ring substituents is 1. The van der Waals surface area contributed by atoms with Gasteiger partial charge in [0.1, 0.15) is 11.5 Å². The average Bonchev–Trinajstić information content (AvgIpc) is 3.53. The molecule has 2 aliphatic carbocycles. The Hall–Kier alpha value is -5.72. The molecule has 8 rings (SSSR count). The van der Waals surface area contributed by atoms with E-state index in [1.54, 1.807) is 48.5 Å². The molecule has 53 heavy (non-hydrogen) atoms. The van der Waals surface area contributed by atoms with Gasteiger partial charge >= 0.3 is 0 Å². The quantitative estimate of drug-likeness (QED) is 0.0896. The van der Waals surface area contributed by atoms with Crippen LogP contribution in [0.5, 0.6) is 11.5 Å². The van der Waals surface area contributed by atoms with Crippen molar-refractivity contribution in [1.29, 1.82) is 0 Å². The lowest BCUT2D eigenvalue weighted by molar-refractivity contribution is -0.384. The van der Waals surface area contributed by atoms with E-state index < -0.39 is 63.6 Å². The van der Waals surface area contributed by atoms with E-state index in [4.69, 9.17) is 27.9 Å². The number of anilines is 2. The average molecular weight is 754 g/mol. The molecule has 14 heteroatoms. The van der Waals surface area contributed by atoms with E-state index in [1.807, 2.05) is 6.08 Å². The number of carbonyl (C=O) groups is 4. The first kappa shape index (κ1) is 34.4. The second-order valence-electron chi connectivity index (χ2n) is 13.6. The summed E-state index contributed by atoms with van der Waals surface area (Å²) < 4.78 is 5.43. The molecule has 4 amide bonds. The number of imide groups is 2. The molecule has 2 N–H and O–H groups in total. The number of phenols is 1. The number of nitrogens with one attached hydrogen (secondary N) is 1. The van der Waals surface area contributed by atoms with Gasteiger partial charge in [-0.1, -0.05) is 59.1 Å². The predicted molar refractivity (Wildman–Crippen MR) is 194 cm³/mol. The number of carbonyl (C=O) groups excluding carboxylic acids is 4. The zero-order chi connectivity index (χ0) is 37.3.